The molecule has 2 saturated carbocycles. The maximum atomic E-state index is 12.6. The van der Waals surface area contributed by atoms with Gasteiger partial charge in [-0.1, -0.05) is 83.3 Å². The average molecular weight is 1270 g/mol. The van der Waals surface area contributed by atoms with Crippen LogP contribution in [0.2, 0.25) is 15.1 Å². The molecule has 82 heavy (non-hydrogen) atoms. The number of halogens is 5. The molecule has 3 aromatic carbocycles. The summed E-state index contributed by atoms with van der Waals surface area (Å²) < 4.78 is 80.3. The van der Waals surface area contributed by atoms with E-state index >= 15 is 0 Å². The smallest absolute Gasteiger partial charge is 0.264 e. The molecule has 0 saturated heterocycles. The lowest BCUT2D eigenvalue weighted by atomic mass is 10.2. The number of nitrogens with two attached hydrogens (primary N) is 1. The molecule has 0 spiro atoms. The summed E-state index contributed by atoms with van der Waals surface area (Å²) in [6.45, 7) is 1.68. The summed E-state index contributed by atoms with van der Waals surface area (Å²) >= 11 is 23.3. The first-order valence-electron chi connectivity index (χ1n) is 25.7. The molecule has 0 atom stereocenters. The first-order chi connectivity index (χ1) is 39.3. The van der Waals surface area contributed by atoms with Gasteiger partial charge in [0.25, 0.3) is 9.05 Å². The lowest BCUT2D eigenvalue weighted by molar-refractivity contribution is 0.579. The van der Waals surface area contributed by atoms with E-state index in [-0.39, 0.29) is 21.2 Å². The Kier molecular flexibility index (Phi) is 21.8. The Balaban J connectivity index is 0.000000146. The van der Waals surface area contributed by atoms with Gasteiger partial charge < -0.3 is 14.5 Å². The van der Waals surface area contributed by atoms with Crippen molar-refractivity contribution in [2.45, 2.75) is 83.9 Å². The van der Waals surface area contributed by atoms with E-state index in [0.29, 0.717) is 54.3 Å². The van der Waals surface area contributed by atoms with E-state index < -0.39 is 29.1 Å². The van der Waals surface area contributed by atoms with Gasteiger partial charge in [0.2, 0.25) is 20.0 Å². The maximum absolute atomic E-state index is 12.6. The summed E-state index contributed by atoms with van der Waals surface area (Å²) in [6.07, 6.45) is 23.4. The number of benzene rings is 3. The maximum Gasteiger partial charge on any atom is 0.264 e. The monoisotopic (exact) mass is 1270 g/mol. The largest absolute Gasteiger partial charge is 0.330 e. The van der Waals surface area contributed by atoms with Gasteiger partial charge in [0, 0.05) is 82.2 Å². The first kappa shape index (κ1) is 61.9. The molecule has 0 bridgehead atoms. The highest BCUT2D eigenvalue weighted by molar-refractivity contribution is 8.13. The standard InChI is InChI=1S/C22H22ClN5O2S.C11H12ClN3O2S.C11H11ClN2.C8H10ClN.C3H3ClN2O2S/c23-19-3-1-2-16(10-19)8-9-25-31(29,30)21-11-24-28(15-21)14-20-13-27-12-18(17-4-5-17)6-7-22(27)26-20;12-10-3-1-2-9(6-10)4-5-15-18(16,17)11-7-13-14-8-11;12-5-10-7-14-6-9(8-1-2-8)3-4-11(14)13-10;9-8-3-1-2-7(6-8)4-5-10;4-9(7,8)3-1-5-6-2-3/h1-3,6-7,10-13,15,17,25H,4-5,8-9,14H2;1-3,6-8,15H,4-5H2,(H,13,14);3-4,6-8H,1-2,5H2;1-3,6H,4-5,10H2;1-2H,(H,5,6). The molecule has 2 aliphatic carbocycles. The topological polar surface area (TPSA) is 262 Å². The second kappa shape index (κ2) is 28.9. The van der Waals surface area contributed by atoms with Crippen molar-refractivity contribution in [2.24, 2.45) is 5.73 Å². The van der Waals surface area contributed by atoms with Gasteiger partial charge in [-0.15, -0.1) is 11.6 Å². The van der Waals surface area contributed by atoms with Gasteiger partial charge in [0.15, 0.2) is 0 Å². The second-order valence-corrected chi connectivity index (χ2v) is 26.7. The van der Waals surface area contributed by atoms with Crippen molar-refractivity contribution in [3.05, 3.63) is 213 Å². The average Bonchev–Trinajstić information content (AvgIpc) is 4.21. The molecule has 432 valence electrons. The zero-order valence-electron chi connectivity index (χ0n) is 43.9. The molecular weight excluding hydrogens is 1210 g/mol. The third-order valence-corrected chi connectivity index (χ3v) is 17.7. The van der Waals surface area contributed by atoms with Crippen molar-refractivity contribution in [3.63, 3.8) is 0 Å². The zero-order chi connectivity index (χ0) is 58.3. The highest BCUT2D eigenvalue weighted by atomic mass is 35.7. The Morgan fingerprint density at radius 2 is 1.02 bits per heavy atom. The zero-order valence-corrected chi connectivity index (χ0v) is 50.1. The minimum absolute atomic E-state index is 0.0100. The summed E-state index contributed by atoms with van der Waals surface area (Å²) in [6, 6.07) is 30.9. The van der Waals surface area contributed by atoms with Crippen molar-refractivity contribution in [1.29, 1.82) is 0 Å². The molecule has 0 amide bonds. The third kappa shape index (κ3) is 18.9. The molecule has 27 heteroatoms. The Morgan fingerprint density at radius 1 is 0.561 bits per heavy atom. The van der Waals surface area contributed by atoms with Crippen molar-refractivity contribution < 1.29 is 25.3 Å². The van der Waals surface area contributed by atoms with E-state index in [1.807, 2.05) is 83.5 Å². The Bertz CT molecular complexity index is 4020. The summed E-state index contributed by atoms with van der Waals surface area (Å²) in [4.78, 5) is 9.26. The number of fused-ring (bicyclic) bond motifs is 2. The highest BCUT2D eigenvalue weighted by Crippen LogP contribution is 2.40. The van der Waals surface area contributed by atoms with Gasteiger partial charge >= 0.3 is 0 Å². The van der Waals surface area contributed by atoms with Crippen LogP contribution in [-0.2, 0) is 60.8 Å². The van der Waals surface area contributed by atoms with Crippen molar-refractivity contribution in [1.82, 2.24) is 58.4 Å². The number of pyridine rings is 2. The summed E-state index contributed by atoms with van der Waals surface area (Å²) in [7, 11) is -5.78. The summed E-state index contributed by atoms with van der Waals surface area (Å²) in [5.74, 6) is 1.96. The predicted molar refractivity (Wildman–Crippen MR) is 320 cm³/mol. The van der Waals surface area contributed by atoms with E-state index in [0.717, 1.165) is 57.4 Å². The van der Waals surface area contributed by atoms with Crippen molar-refractivity contribution >= 4 is 97.5 Å². The molecule has 2 aliphatic rings. The molecule has 0 radical (unpaired) electrons. The van der Waals surface area contributed by atoms with E-state index in [9.17, 15) is 25.3 Å². The van der Waals surface area contributed by atoms with Crippen LogP contribution in [0.1, 0.15) is 76.7 Å². The van der Waals surface area contributed by atoms with Crippen molar-refractivity contribution in [3.8, 4) is 0 Å². The molecule has 10 aromatic rings. The fourth-order valence-corrected chi connectivity index (χ4v) is 11.5. The van der Waals surface area contributed by atoms with Crippen LogP contribution in [0.3, 0.4) is 0 Å². The minimum Gasteiger partial charge on any atom is -0.330 e. The predicted octanol–water partition coefficient (Wildman–Crippen LogP) is 10.3. The molecule has 19 nitrogen and oxygen atoms in total. The SMILES string of the molecule is ClCc1cn2cc(C3CC3)ccc2n1.NCCc1cccc(Cl)c1.O=S(=O)(Cl)c1cn[nH]c1.O=S(=O)(NCCc1cccc(Cl)c1)c1cn[nH]c1.O=S(=O)(NCCc1cccc(Cl)c1)c1cnn(Cc2cn3cc(C4CC4)ccc3n2)c1. The number of nitrogens with one attached hydrogen (secondary N) is 4. The van der Waals surface area contributed by atoms with Gasteiger partial charge in [-0.05, 0) is 140 Å². The number of aromatic amines is 2. The van der Waals surface area contributed by atoms with Crippen LogP contribution < -0.4 is 15.2 Å². The molecule has 2 fully saturated rings. The summed E-state index contributed by atoms with van der Waals surface area (Å²) in [5, 5.41) is 18.1. The third-order valence-electron chi connectivity index (χ3n) is 12.6. The number of imidazole rings is 2. The van der Waals surface area contributed by atoms with E-state index in [2.05, 4.69) is 79.9 Å². The Hall–Kier alpha value is -6.15. The molecule has 0 unspecified atom stereocenters. The number of hydrogen-bond acceptors (Lipinski definition) is 12. The van der Waals surface area contributed by atoms with Crippen LogP contribution in [0.25, 0.3) is 11.3 Å². The first-order valence-corrected chi connectivity index (χ1v) is 32.7. The van der Waals surface area contributed by atoms with Crippen LogP contribution in [0, 0.1) is 0 Å². The van der Waals surface area contributed by atoms with Gasteiger partial charge in [-0.2, -0.15) is 15.3 Å². The highest BCUT2D eigenvalue weighted by Gasteiger charge is 2.25. The van der Waals surface area contributed by atoms with Gasteiger partial charge in [-0.3, -0.25) is 14.9 Å². The van der Waals surface area contributed by atoms with Gasteiger partial charge in [0.1, 0.15) is 26.0 Å². The molecular formula is C55H58Cl5N13O6S3. The van der Waals surface area contributed by atoms with Crippen LogP contribution in [-0.4, -0.2) is 93.8 Å². The fourth-order valence-electron chi connectivity index (χ4n) is 8.14. The van der Waals surface area contributed by atoms with E-state index in [4.69, 9.17) is 62.8 Å². The van der Waals surface area contributed by atoms with Crippen LogP contribution in [0.5, 0.6) is 0 Å². The lowest BCUT2D eigenvalue weighted by Crippen LogP contribution is -2.25. The Morgan fingerprint density at radius 3 is 1.45 bits per heavy atom. The fraction of sp³-hybridized carbons (Fsp3) is 0.255. The number of alkyl halides is 1. The van der Waals surface area contributed by atoms with Crippen LogP contribution >= 0.6 is 57.1 Å². The minimum atomic E-state index is -3.64. The van der Waals surface area contributed by atoms with E-state index in [1.54, 1.807) is 16.8 Å². The number of aromatic nitrogens is 10. The second-order valence-electron chi connectivity index (χ2n) is 19.0. The van der Waals surface area contributed by atoms with E-state index in [1.165, 1.54) is 73.4 Å². The number of rotatable bonds is 18. The Labute approximate surface area is 500 Å². The number of H-pyrrole nitrogens is 2. The lowest BCUT2D eigenvalue weighted by Gasteiger charge is -2.05. The van der Waals surface area contributed by atoms with Crippen LogP contribution in [0.4, 0.5) is 0 Å². The van der Waals surface area contributed by atoms with Crippen molar-refractivity contribution in [2.75, 3.05) is 19.6 Å². The molecule has 12 rings (SSSR count). The van der Waals surface area contributed by atoms with Gasteiger partial charge in [0.05, 0.1) is 42.4 Å². The molecule has 7 heterocycles. The number of sulfonamides is 2. The summed E-state index contributed by atoms with van der Waals surface area (Å²) in [5.41, 5.74) is 14.9. The normalized spacial score (nSPS) is 13.2. The molecule has 0 aliphatic heterocycles. The quantitative estimate of drug-likeness (QED) is 0.0397. The number of hydrogen-bond donors (Lipinski definition) is 5. The number of nitrogens with zero attached hydrogens (tertiary/aromatic N) is 8. The molecule has 6 N–H and O–H groups in total. The molecule has 7 aromatic heterocycles. The van der Waals surface area contributed by atoms with Gasteiger partial charge in [-0.25, -0.2) is 44.7 Å². The van der Waals surface area contributed by atoms with Crippen LogP contribution in [0.15, 0.2) is 174 Å².